The minimum Gasteiger partial charge on any atom is -0.491 e. The zero-order valence-electron chi connectivity index (χ0n) is 11.0. The number of hydrogen-bond acceptors (Lipinski definition) is 4. The van der Waals surface area contributed by atoms with E-state index in [4.69, 9.17) is 4.74 Å². The molecule has 0 aliphatic carbocycles. The molecule has 1 aromatic heterocycles. The number of fused-ring (bicyclic) bond motifs is 1. The smallest absolute Gasteiger partial charge is 0.339 e. The van der Waals surface area contributed by atoms with E-state index in [1.165, 1.54) is 0 Å². The fourth-order valence-corrected chi connectivity index (χ4v) is 2.29. The molecule has 0 bridgehead atoms. The number of rotatable bonds is 3. The van der Waals surface area contributed by atoms with Crippen LogP contribution in [0.5, 0.6) is 5.75 Å². The normalized spacial score (nSPS) is 16.4. The third-order valence-electron chi connectivity index (χ3n) is 3.28. The van der Waals surface area contributed by atoms with Crippen LogP contribution >= 0.6 is 0 Å². The number of para-hydroxylation sites is 1. The van der Waals surface area contributed by atoms with Crippen LogP contribution in [0.3, 0.4) is 0 Å². The van der Waals surface area contributed by atoms with Crippen molar-refractivity contribution in [2.24, 2.45) is 0 Å². The third kappa shape index (κ3) is 2.18. The van der Waals surface area contributed by atoms with Crippen molar-refractivity contribution in [1.82, 2.24) is 4.98 Å². The number of carboxylic acid groups (broad SMARTS) is 1. The van der Waals surface area contributed by atoms with Gasteiger partial charge in [-0.3, -0.25) is 0 Å². The van der Waals surface area contributed by atoms with E-state index in [1.807, 2.05) is 31.2 Å². The van der Waals surface area contributed by atoms with E-state index in [-0.39, 0.29) is 11.6 Å². The second kappa shape index (κ2) is 4.85. The van der Waals surface area contributed by atoms with Gasteiger partial charge in [0, 0.05) is 11.3 Å². The van der Waals surface area contributed by atoms with Gasteiger partial charge in [-0.25, -0.2) is 9.78 Å². The predicted octanol–water partition coefficient (Wildman–Crippen LogP) is 2.63. The van der Waals surface area contributed by atoms with Gasteiger partial charge >= 0.3 is 5.97 Å². The van der Waals surface area contributed by atoms with Gasteiger partial charge < -0.3 is 15.2 Å². The Kier molecular flexibility index (Phi) is 3.02. The molecule has 1 atom stereocenters. The lowest BCUT2D eigenvalue weighted by Gasteiger charge is -2.14. The van der Waals surface area contributed by atoms with E-state index in [0.29, 0.717) is 12.4 Å². The summed E-state index contributed by atoms with van der Waals surface area (Å²) in [6, 6.07) is 10.9. The quantitative estimate of drug-likeness (QED) is 0.897. The van der Waals surface area contributed by atoms with Gasteiger partial charge in [0.1, 0.15) is 23.7 Å². The summed E-state index contributed by atoms with van der Waals surface area (Å²) in [7, 11) is 0. The van der Waals surface area contributed by atoms with Crippen LogP contribution in [0.15, 0.2) is 36.4 Å². The summed E-state index contributed by atoms with van der Waals surface area (Å²) in [5.41, 5.74) is 1.96. The molecule has 102 valence electrons. The molecule has 0 saturated heterocycles. The Hall–Kier alpha value is -2.56. The molecule has 1 aliphatic rings. The predicted molar refractivity (Wildman–Crippen MR) is 74.2 cm³/mol. The van der Waals surface area contributed by atoms with Crippen LogP contribution in [0.1, 0.15) is 27.7 Å². The molecule has 0 spiro atoms. The van der Waals surface area contributed by atoms with Crippen LogP contribution in [0.2, 0.25) is 0 Å². The fraction of sp³-hybridized carbons (Fsp3) is 0.200. The number of carbonyl (C=O) groups is 1. The van der Waals surface area contributed by atoms with Crippen LogP contribution in [0, 0.1) is 6.92 Å². The minimum atomic E-state index is -0.993. The van der Waals surface area contributed by atoms with E-state index in [1.54, 1.807) is 12.1 Å². The monoisotopic (exact) mass is 270 g/mol. The maximum absolute atomic E-state index is 11.2. The van der Waals surface area contributed by atoms with Crippen LogP contribution in [0.4, 0.5) is 5.82 Å². The van der Waals surface area contributed by atoms with Gasteiger partial charge in [-0.05, 0) is 25.1 Å². The standard InChI is InChI=1S/C15H14N2O3/c1-9-6-7-11(15(18)19)14(16-9)17-12-8-20-13-5-3-2-4-10(12)13/h2-7,12H,8H2,1H3,(H,16,17)(H,18,19). The first-order chi connectivity index (χ1) is 9.65. The molecule has 1 aliphatic heterocycles. The minimum absolute atomic E-state index is 0.0846. The maximum Gasteiger partial charge on any atom is 0.339 e. The summed E-state index contributed by atoms with van der Waals surface area (Å²) < 4.78 is 5.58. The second-order valence-corrected chi connectivity index (χ2v) is 4.70. The highest BCUT2D eigenvalue weighted by molar-refractivity contribution is 5.93. The molecular weight excluding hydrogens is 256 g/mol. The largest absolute Gasteiger partial charge is 0.491 e. The molecule has 2 aromatic rings. The summed E-state index contributed by atoms with van der Waals surface area (Å²) in [6.45, 7) is 2.30. The van der Waals surface area contributed by atoms with Crippen LogP contribution in [0.25, 0.3) is 0 Å². The fourth-order valence-electron chi connectivity index (χ4n) is 2.29. The average molecular weight is 270 g/mol. The number of hydrogen-bond donors (Lipinski definition) is 2. The van der Waals surface area contributed by atoms with Crippen molar-refractivity contribution in [2.45, 2.75) is 13.0 Å². The molecule has 1 aromatic carbocycles. The molecule has 0 radical (unpaired) electrons. The van der Waals surface area contributed by atoms with E-state index >= 15 is 0 Å². The highest BCUT2D eigenvalue weighted by Crippen LogP contribution is 2.34. The number of nitrogens with zero attached hydrogens (tertiary/aromatic N) is 1. The molecule has 5 nitrogen and oxygen atoms in total. The SMILES string of the molecule is Cc1ccc(C(=O)O)c(NC2COc3ccccc32)n1. The Bertz CT molecular complexity index is 670. The molecule has 5 heteroatoms. The lowest BCUT2D eigenvalue weighted by molar-refractivity contribution is 0.0697. The van der Waals surface area contributed by atoms with Gasteiger partial charge in [-0.2, -0.15) is 0 Å². The molecule has 0 amide bonds. The Morgan fingerprint density at radius 3 is 2.95 bits per heavy atom. The van der Waals surface area contributed by atoms with Gasteiger partial charge in [0.15, 0.2) is 0 Å². The van der Waals surface area contributed by atoms with Gasteiger partial charge in [0.05, 0.1) is 6.04 Å². The number of nitrogens with one attached hydrogen (secondary N) is 1. The van der Waals surface area contributed by atoms with E-state index in [0.717, 1.165) is 17.0 Å². The lowest BCUT2D eigenvalue weighted by atomic mass is 10.1. The van der Waals surface area contributed by atoms with Crippen molar-refractivity contribution < 1.29 is 14.6 Å². The summed E-state index contributed by atoms with van der Waals surface area (Å²) >= 11 is 0. The van der Waals surface area contributed by atoms with Crippen LogP contribution < -0.4 is 10.1 Å². The number of aromatic nitrogens is 1. The van der Waals surface area contributed by atoms with Gasteiger partial charge in [0.2, 0.25) is 0 Å². The molecule has 20 heavy (non-hydrogen) atoms. The van der Waals surface area contributed by atoms with Crippen LogP contribution in [-0.4, -0.2) is 22.7 Å². The molecule has 0 saturated carbocycles. The zero-order chi connectivity index (χ0) is 14.1. The summed E-state index contributed by atoms with van der Waals surface area (Å²) in [5.74, 6) is 0.213. The van der Waals surface area contributed by atoms with Crippen LogP contribution in [-0.2, 0) is 0 Å². The van der Waals surface area contributed by atoms with Gasteiger partial charge in [0.25, 0.3) is 0 Å². The lowest BCUT2D eigenvalue weighted by Crippen LogP contribution is -2.16. The number of carboxylic acids is 1. The molecule has 2 N–H and O–H groups in total. The van der Waals surface area contributed by atoms with Gasteiger partial charge in [-0.15, -0.1) is 0 Å². The maximum atomic E-state index is 11.2. The number of aromatic carboxylic acids is 1. The van der Waals surface area contributed by atoms with Crippen molar-refractivity contribution in [2.75, 3.05) is 11.9 Å². The van der Waals surface area contributed by atoms with Crippen molar-refractivity contribution in [1.29, 1.82) is 0 Å². The molecule has 0 fully saturated rings. The van der Waals surface area contributed by atoms with Crippen molar-refractivity contribution in [3.05, 3.63) is 53.2 Å². The Morgan fingerprint density at radius 2 is 2.15 bits per heavy atom. The highest BCUT2D eigenvalue weighted by atomic mass is 16.5. The highest BCUT2D eigenvalue weighted by Gasteiger charge is 2.25. The Labute approximate surface area is 116 Å². The summed E-state index contributed by atoms with van der Waals surface area (Å²) in [5, 5.41) is 12.4. The summed E-state index contributed by atoms with van der Waals surface area (Å²) in [4.78, 5) is 15.5. The van der Waals surface area contributed by atoms with Crippen molar-refractivity contribution in [3.63, 3.8) is 0 Å². The Morgan fingerprint density at radius 1 is 1.35 bits per heavy atom. The number of aryl methyl sites for hydroxylation is 1. The number of benzene rings is 1. The van der Waals surface area contributed by atoms with E-state index in [9.17, 15) is 9.90 Å². The molecule has 3 rings (SSSR count). The molecule has 1 unspecified atom stereocenters. The third-order valence-corrected chi connectivity index (χ3v) is 3.28. The number of ether oxygens (including phenoxy) is 1. The molecular formula is C15H14N2O3. The Balaban J connectivity index is 1.93. The van der Waals surface area contributed by atoms with Crippen molar-refractivity contribution >= 4 is 11.8 Å². The zero-order valence-corrected chi connectivity index (χ0v) is 11.0. The average Bonchev–Trinajstić information content (AvgIpc) is 2.82. The first kappa shape index (κ1) is 12.5. The topological polar surface area (TPSA) is 71.5 Å². The van der Waals surface area contributed by atoms with Gasteiger partial charge in [-0.1, -0.05) is 18.2 Å². The molecule has 2 heterocycles. The number of anilines is 1. The number of pyridine rings is 1. The summed E-state index contributed by atoms with van der Waals surface area (Å²) in [6.07, 6.45) is 0. The van der Waals surface area contributed by atoms with E-state index < -0.39 is 5.97 Å². The second-order valence-electron chi connectivity index (χ2n) is 4.70. The first-order valence-electron chi connectivity index (χ1n) is 6.34. The van der Waals surface area contributed by atoms with E-state index in [2.05, 4.69) is 10.3 Å². The first-order valence-corrected chi connectivity index (χ1v) is 6.34. The van der Waals surface area contributed by atoms with Crippen molar-refractivity contribution in [3.8, 4) is 5.75 Å².